The minimum atomic E-state index is 0.0873. The zero-order chi connectivity index (χ0) is 12.3. The van der Waals surface area contributed by atoms with Crippen molar-refractivity contribution in [2.75, 3.05) is 38.6 Å². The molecule has 1 aromatic rings. The summed E-state index contributed by atoms with van der Waals surface area (Å²) in [7, 11) is 4.00. The number of aromatic nitrogens is 1. The number of anilines is 1. The van der Waals surface area contributed by atoms with Gasteiger partial charge < -0.3 is 10.2 Å². The number of carbonyl (C=O) groups is 1. The van der Waals surface area contributed by atoms with Gasteiger partial charge >= 0.3 is 0 Å². The second-order valence-corrected chi connectivity index (χ2v) is 4.44. The highest BCUT2D eigenvalue weighted by Crippen LogP contribution is 2.19. The van der Waals surface area contributed by atoms with Crippen molar-refractivity contribution in [2.45, 2.75) is 6.54 Å². The Labute approximate surface area is 101 Å². The summed E-state index contributed by atoms with van der Waals surface area (Å²) in [5.41, 5.74) is 1.08. The molecular weight excluding hydrogens is 216 g/mol. The molecule has 1 amide bonds. The lowest BCUT2D eigenvalue weighted by Gasteiger charge is -2.23. The van der Waals surface area contributed by atoms with Gasteiger partial charge in [0.1, 0.15) is 5.82 Å². The van der Waals surface area contributed by atoms with Crippen molar-refractivity contribution in [1.29, 1.82) is 0 Å². The molecule has 1 N–H and O–H groups in total. The van der Waals surface area contributed by atoms with Gasteiger partial charge in [0.2, 0.25) is 5.91 Å². The van der Waals surface area contributed by atoms with Crippen molar-refractivity contribution in [3.63, 3.8) is 0 Å². The van der Waals surface area contributed by atoms with Crippen LogP contribution in [0.4, 0.5) is 5.82 Å². The Kier molecular flexibility index (Phi) is 3.71. The maximum atomic E-state index is 12.0. The summed E-state index contributed by atoms with van der Waals surface area (Å²) in [6.07, 6.45) is 1.74. The SMILES string of the molecule is CN(C)CCN1C(=O)CNCc2cccnc21. The van der Waals surface area contributed by atoms with Crippen molar-refractivity contribution >= 4 is 11.7 Å². The van der Waals surface area contributed by atoms with E-state index >= 15 is 0 Å². The molecular formula is C12H18N4O. The Morgan fingerprint density at radius 1 is 1.47 bits per heavy atom. The van der Waals surface area contributed by atoms with Gasteiger partial charge in [0.25, 0.3) is 0 Å². The van der Waals surface area contributed by atoms with E-state index in [1.54, 1.807) is 11.1 Å². The van der Waals surface area contributed by atoms with Gasteiger partial charge in [-0.3, -0.25) is 9.69 Å². The van der Waals surface area contributed by atoms with Crippen LogP contribution >= 0.6 is 0 Å². The van der Waals surface area contributed by atoms with Crippen LogP contribution in [0.1, 0.15) is 5.56 Å². The molecule has 0 fully saturated rings. The highest BCUT2D eigenvalue weighted by molar-refractivity contribution is 5.95. The summed E-state index contributed by atoms with van der Waals surface area (Å²) in [6, 6.07) is 3.91. The van der Waals surface area contributed by atoms with E-state index in [1.165, 1.54) is 0 Å². The van der Waals surface area contributed by atoms with Crippen LogP contribution in [-0.2, 0) is 11.3 Å². The number of hydrogen-bond acceptors (Lipinski definition) is 4. The summed E-state index contributed by atoms with van der Waals surface area (Å²) in [6.45, 7) is 2.59. The third-order valence-corrected chi connectivity index (χ3v) is 2.79. The fourth-order valence-corrected chi connectivity index (χ4v) is 1.86. The zero-order valence-corrected chi connectivity index (χ0v) is 10.3. The van der Waals surface area contributed by atoms with Gasteiger partial charge in [-0.1, -0.05) is 6.07 Å². The normalized spacial score (nSPS) is 15.9. The maximum Gasteiger partial charge on any atom is 0.242 e. The molecule has 0 spiro atoms. The average molecular weight is 234 g/mol. The molecule has 0 bridgehead atoms. The summed E-state index contributed by atoms with van der Waals surface area (Å²) < 4.78 is 0. The van der Waals surface area contributed by atoms with Gasteiger partial charge in [-0.05, 0) is 20.2 Å². The van der Waals surface area contributed by atoms with Crippen LogP contribution in [0.3, 0.4) is 0 Å². The molecule has 0 atom stereocenters. The van der Waals surface area contributed by atoms with Crippen molar-refractivity contribution in [2.24, 2.45) is 0 Å². The monoisotopic (exact) mass is 234 g/mol. The van der Waals surface area contributed by atoms with Gasteiger partial charge in [-0.2, -0.15) is 0 Å². The Morgan fingerprint density at radius 3 is 3.06 bits per heavy atom. The van der Waals surface area contributed by atoms with E-state index in [4.69, 9.17) is 0 Å². The number of nitrogens with one attached hydrogen (secondary N) is 1. The second kappa shape index (κ2) is 5.25. The molecule has 0 saturated heterocycles. The highest BCUT2D eigenvalue weighted by atomic mass is 16.2. The van der Waals surface area contributed by atoms with Gasteiger partial charge in [-0.15, -0.1) is 0 Å². The standard InChI is InChI=1S/C12H18N4O/c1-15(2)6-7-16-11(17)9-13-8-10-4-3-5-14-12(10)16/h3-5,13H,6-9H2,1-2H3. The van der Waals surface area contributed by atoms with Crippen LogP contribution in [0.25, 0.3) is 0 Å². The molecule has 92 valence electrons. The van der Waals surface area contributed by atoms with Crippen LogP contribution in [0.5, 0.6) is 0 Å². The predicted octanol–water partition coefficient (Wildman–Crippen LogP) is 0.0794. The Hall–Kier alpha value is -1.46. The lowest BCUT2D eigenvalue weighted by atomic mass is 10.2. The molecule has 2 heterocycles. The molecule has 2 rings (SSSR count). The number of amides is 1. The Bertz CT molecular complexity index is 405. The number of likely N-dealkylation sites (N-methyl/N-ethyl adjacent to an activating group) is 1. The largest absolute Gasteiger partial charge is 0.308 e. The van der Waals surface area contributed by atoms with Crippen molar-refractivity contribution in [1.82, 2.24) is 15.2 Å². The van der Waals surface area contributed by atoms with E-state index < -0.39 is 0 Å². The number of hydrogen-bond donors (Lipinski definition) is 1. The number of rotatable bonds is 3. The molecule has 0 saturated carbocycles. The molecule has 17 heavy (non-hydrogen) atoms. The van der Waals surface area contributed by atoms with E-state index in [-0.39, 0.29) is 5.91 Å². The van der Waals surface area contributed by atoms with Crippen molar-refractivity contribution in [3.05, 3.63) is 23.9 Å². The first-order chi connectivity index (χ1) is 8.18. The molecule has 0 aliphatic carbocycles. The van der Waals surface area contributed by atoms with Crippen LogP contribution in [0, 0.1) is 0 Å². The van der Waals surface area contributed by atoms with Gasteiger partial charge in [-0.25, -0.2) is 4.98 Å². The first-order valence-electron chi connectivity index (χ1n) is 5.78. The van der Waals surface area contributed by atoms with E-state index in [2.05, 4.69) is 15.2 Å². The van der Waals surface area contributed by atoms with Crippen molar-refractivity contribution < 1.29 is 4.79 Å². The maximum absolute atomic E-state index is 12.0. The lowest BCUT2D eigenvalue weighted by Crippen LogP contribution is -2.40. The van der Waals surface area contributed by atoms with E-state index in [1.807, 2.05) is 26.2 Å². The third-order valence-electron chi connectivity index (χ3n) is 2.79. The van der Waals surface area contributed by atoms with Crippen LogP contribution in [-0.4, -0.2) is 49.5 Å². The Morgan fingerprint density at radius 2 is 2.29 bits per heavy atom. The molecule has 1 aliphatic rings. The first-order valence-corrected chi connectivity index (χ1v) is 5.78. The average Bonchev–Trinajstić information content (AvgIpc) is 2.45. The predicted molar refractivity (Wildman–Crippen MR) is 66.9 cm³/mol. The lowest BCUT2D eigenvalue weighted by molar-refractivity contribution is -0.117. The summed E-state index contributed by atoms with van der Waals surface area (Å²) >= 11 is 0. The fraction of sp³-hybridized carbons (Fsp3) is 0.500. The Balaban J connectivity index is 2.24. The zero-order valence-electron chi connectivity index (χ0n) is 10.3. The fourth-order valence-electron chi connectivity index (χ4n) is 1.86. The second-order valence-electron chi connectivity index (χ2n) is 4.44. The quantitative estimate of drug-likeness (QED) is 0.804. The third kappa shape index (κ3) is 2.81. The topological polar surface area (TPSA) is 48.5 Å². The first kappa shape index (κ1) is 12.0. The number of fused-ring (bicyclic) bond motifs is 1. The van der Waals surface area contributed by atoms with Crippen LogP contribution in [0.15, 0.2) is 18.3 Å². The molecule has 5 nitrogen and oxygen atoms in total. The van der Waals surface area contributed by atoms with E-state index in [9.17, 15) is 4.79 Å². The molecule has 0 radical (unpaired) electrons. The summed E-state index contributed by atoms with van der Waals surface area (Å²) in [4.78, 5) is 20.2. The summed E-state index contributed by atoms with van der Waals surface area (Å²) in [5, 5.41) is 3.13. The van der Waals surface area contributed by atoms with Crippen LogP contribution in [0.2, 0.25) is 0 Å². The van der Waals surface area contributed by atoms with Gasteiger partial charge in [0.05, 0.1) is 6.54 Å². The summed E-state index contributed by atoms with van der Waals surface area (Å²) in [5.74, 6) is 0.883. The molecule has 1 aliphatic heterocycles. The minimum absolute atomic E-state index is 0.0873. The molecule has 5 heteroatoms. The highest BCUT2D eigenvalue weighted by Gasteiger charge is 2.22. The molecule has 1 aromatic heterocycles. The van der Waals surface area contributed by atoms with E-state index in [0.29, 0.717) is 19.6 Å². The van der Waals surface area contributed by atoms with Gasteiger partial charge in [0.15, 0.2) is 0 Å². The number of carbonyl (C=O) groups excluding carboxylic acids is 1. The number of pyridine rings is 1. The minimum Gasteiger partial charge on any atom is -0.308 e. The van der Waals surface area contributed by atoms with Gasteiger partial charge in [0, 0.05) is 31.4 Å². The number of nitrogens with zero attached hydrogens (tertiary/aromatic N) is 3. The van der Waals surface area contributed by atoms with Crippen LogP contribution < -0.4 is 10.2 Å². The van der Waals surface area contributed by atoms with Crippen molar-refractivity contribution in [3.8, 4) is 0 Å². The smallest absolute Gasteiger partial charge is 0.242 e. The van der Waals surface area contributed by atoms with E-state index in [0.717, 1.165) is 17.9 Å². The molecule has 0 aromatic carbocycles. The molecule has 0 unspecified atom stereocenters.